The van der Waals surface area contributed by atoms with Crippen LogP contribution in [0.25, 0.3) is 22.2 Å². The number of allylic oxidation sites excluding steroid dienone is 1. The first kappa shape index (κ1) is 34.7. The fourth-order valence-electron chi connectivity index (χ4n) is 6.71. The summed E-state index contributed by atoms with van der Waals surface area (Å²) in [5, 5.41) is 6.44. The molecular weight excluding hydrogens is 640 g/mol. The van der Waals surface area contributed by atoms with Gasteiger partial charge in [0.25, 0.3) is 0 Å². The first-order valence-corrected chi connectivity index (χ1v) is 17.1. The van der Waals surface area contributed by atoms with Crippen LogP contribution in [-0.2, 0) is 23.9 Å². The van der Waals surface area contributed by atoms with Gasteiger partial charge >= 0.3 is 12.1 Å². The van der Waals surface area contributed by atoms with Crippen LogP contribution >= 0.6 is 0 Å². The number of alkyl carbamates (subject to hydrolysis) is 1. The van der Waals surface area contributed by atoms with E-state index in [-0.39, 0.29) is 25.4 Å². The zero-order chi connectivity index (χ0) is 35.6. The highest BCUT2D eigenvalue weighted by Gasteiger charge is 2.65. The molecule has 2 aliphatic heterocycles. The number of carbonyl (C=O) groups excluding carboxylic acids is 4. The number of fused-ring (bicyclic) bond motifs is 3. The Morgan fingerprint density at radius 1 is 1.08 bits per heavy atom. The molecule has 6 rings (SSSR count). The number of hydrogen-bond acceptors (Lipinski definition) is 9. The lowest BCUT2D eigenvalue weighted by Gasteiger charge is -2.31. The van der Waals surface area contributed by atoms with E-state index in [1.165, 1.54) is 4.90 Å². The number of benzene rings is 2. The average molecular weight is 685 g/mol. The van der Waals surface area contributed by atoms with Crippen LogP contribution in [0.15, 0.2) is 66.4 Å². The van der Waals surface area contributed by atoms with E-state index in [2.05, 4.69) is 10.6 Å². The maximum atomic E-state index is 14.0. The molecule has 12 nitrogen and oxygen atoms in total. The molecule has 1 aliphatic carbocycles. The molecule has 1 saturated carbocycles. The molecule has 2 aromatic carbocycles. The minimum atomic E-state index is -1.36. The predicted molar refractivity (Wildman–Crippen MR) is 185 cm³/mol. The summed E-state index contributed by atoms with van der Waals surface area (Å²) >= 11 is 0. The molecule has 3 amide bonds. The molecule has 50 heavy (non-hydrogen) atoms. The topological polar surface area (TPSA) is 145 Å². The Balaban J connectivity index is 1.42. The van der Waals surface area contributed by atoms with Crippen molar-refractivity contribution < 1.29 is 38.1 Å². The van der Waals surface area contributed by atoms with Gasteiger partial charge in [-0.3, -0.25) is 9.59 Å². The number of ether oxygens (including phenoxy) is 4. The number of nitrogens with zero attached hydrogens (tertiary/aromatic N) is 2. The van der Waals surface area contributed by atoms with Crippen molar-refractivity contribution in [3.8, 4) is 22.8 Å². The summed E-state index contributed by atoms with van der Waals surface area (Å²) in [5.74, 6) is -0.375. The molecule has 4 atom stereocenters. The van der Waals surface area contributed by atoms with E-state index < -0.39 is 47.1 Å². The van der Waals surface area contributed by atoms with Crippen LogP contribution in [0.2, 0.25) is 0 Å². The van der Waals surface area contributed by atoms with E-state index >= 15 is 0 Å². The third kappa shape index (κ3) is 7.24. The standard InChI is InChI=1S/C38H44N4O8/c1-6-48-35(45)38-22-26(38)31(49-32-21-28(23-12-8-7-9-13-23)39-29-20-24(47-5)17-18-25(29)32)16-10-14-27(40-36(46)50-37(2,3)4)34(44)42-19-11-15-30(42)33(43)41-38/h7-9,12-13,16-18,20-21,26-27,30H,6,10-11,14-15,19,22H2,1-5H3,(H,40,46)(H,41,43)/t26-,27+,30+,38-/m1/s1. The molecule has 3 aliphatic rings. The van der Waals surface area contributed by atoms with Gasteiger partial charge in [-0.15, -0.1) is 0 Å². The van der Waals surface area contributed by atoms with Crippen LogP contribution in [0.1, 0.15) is 59.8 Å². The number of methoxy groups -OCH3 is 1. The van der Waals surface area contributed by atoms with Crippen molar-refractivity contribution in [3.63, 3.8) is 0 Å². The smallest absolute Gasteiger partial charge is 0.408 e. The third-order valence-electron chi connectivity index (χ3n) is 9.20. The molecule has 0 radical (unpaired) electrons. The number of pyridine rings is 1. The van der Waals surface area contributed by atoms with Crippen LogP contribution in [0.3, 0.4) is 0 Å². The summed E-state index contributed by atoms with van der Waals surface area (Å²) in [4.78, 5) is 60.7. The fourth-order valence-corrected chi connectivity index (χ4v) is 6.71. The SMILES string of the molecule is CCOC(=O)[C@@]12C[C@@H]1C(Oc1cc(-c3ccccc3)nc3cc(OC)ccc13)=CCC[C@H](NC(=O)OC(C)(C)C)C(=O)N1CCC[C@H]1C(=O)N2. The number of esters is 1. The zero-order valence-electron chi connectivity index (χ0n) is 29.1. The summed E-state index contributed by atoms with van der Waals surface area (Å²) in [5.41, 5.74) is 0.0595. The minimum absolute atomic E-state index is 0.131. The van der Waals surface area contributed by atoms with Crippen molar-refractivity contribution in [2.75, 3.05) is 20.3 Å². The van der Waals surface area contributed by atoms with E-state index in [1.807, 2.05) is 60.7 Å². The van der Waals surface area contributed by atoms with Crippen LogP contribution in [-0.4, -0.2) is 77.2 Å². The Morgan fingerprint density at radius 3 is 2.58 bits per heavy atom. The van der Waals surface area contributed by atoms with Gasteiger partial charge < -0.3 is 34.5 Å². The summed E-state index contributed by atoms with van der Waals surface area (Å²) in [6.45, 7) is 7.44. The lowest BCUT2D eigenvalue weighted by atomic mass is 10.0. The average Bonchev–Trinajstić information content (AvgIpc) is 3.58. The Bertz CT molecular complexity index is 1820. The fraction of sp³-hybridized carbons (Fsp3) is 0.447. The van der Waals surface area contributed by atoms with E-state index in [1.54, 1.807) is 34.8 Å². The monoisotopic (exact) mass is 684 g/mol. The Labute approximate surface area is 291 Å². The lowest BCUT2D eigenvalue weighted by molar-refractivity contribution is -0.150. The predicted octanol–water partition coefficient (Wildman–Crippen LogP) is 5.29. The minimum Gasteiger partial charge on any atom is -0.497 e. The van der Waals surface area contributed by atoms with Crippen LogP contribution in [0, 0.1) is 5.92 Å². The molecule has 264 valence electrons. The molecule has 0 unspecified atom stereocenters. The highest BCUT2D eigenvalue weighted by molar-refractivity contribution is 5.97. The van der Waals surface area contributed by atoms with E-state index in [0.29, 0.717) is 59.7 Å². The number of nitrogens with one attached hydrogen (secondary N) is 2. The maximum Gasteiger partial charge on any atom is 0.408 e. The Morgan fingerprint density at radius 2 is 1.86 bits per heavy atom. The number of rotatable bonds is 7. The molecule has 0 spiro atoms. The third-order valence-corrected chi connectivity index (χ3v) is 9.20. The van der Waals surface area contributed by atoms with Gasteiger partial charge in [-0.25, -0.2) is 14.6 Å². The largest absolute Gasteiger partial charge is 0.497 e. The summed E-state index contributed by atoms with van der Waals surface area (Å²) in [6, 6.07) is 15.3. The molecule has 1 aromatic heterocycles. The van der Waals surface area contributed by atoms with Crippen molar-refractivity contribution in [1.29, 1.82) is 0 Å². The molecule has 0 bridgehead atoms. The Kier molecular flexibility index (Phi) is 9.73. The Hall–Kier alpha value is -5.13. The summed E-state index contributed by atoms with van der Waals surface area (Å²) < 4.78 is 23.2. The van der Waals surface area contributed by atoms with Gasteiger partial charge in [0.2, 0.25) is 11.8 Å². The molecule has 3 heterocycles. The molecule has 2 N–H and O–H groups in total. The second-order valence-electron chi connectivity index (χ2n) is 13.9. The molecule has 3 aromatic rings. The van der Waals surface area contributed by atoms with Crippen molar-refractivity contribution in [3.05, 3.63) is 66.4 Å². The van der Waals surface area contributed by atoms with E-state index in [0.717, 1.165) is 5.56 Å². The second-order valence-corrected chi connectivity index (χ2v) is 13.9. The quantitative estimate of drug-likeness (QED) is 0.317. The van der Waals surface area contributed by atoms with Crippen molar-refractivity contribution in [1.82, 2.24) is 20.5 Å². The van der Waals surface area contributed by atoms with Gasteiger partial charge in [0.15, 0.2) is 0 Å². The van der Waals surface area contributed by atoms with Crippen molar-refractivity contribution >= 4 is 34.8 Å². The molecular formula is C38H44N4O8. The van der Waals surface area contributed by atoms with Crippen molar-refractivity contribution in [2.45, 2.75) is 83.0 Å². The van der Waals surface area contributed by atoms with E-state index in [4.69, 9.17) is 23.9 Å². The van der Waals surface area contributed by atoms with Crippen LogP contribution in [0.5, 0.6) is 11.5 Å². The highest BCUT2D eigenvalue weighted by Crippen LogP contribution is 2.51. The zero-order valence-corrected chi connectivity index (χ0v) is 29.1. The number of amides is 3. The highest BCUT2D eigenvalue weighted by atomic mass is 16.6. The number of hydrogen-bond donors (Lipinski definition) is 2. The molecule has 1 saturated heterocycles. The normalized spacial score (nSPS) is 23.7. The summed E-state index contributed by atoms with van der Waals surface area (Å²) in [7, 11) is 1.59. The summed E-state index contributed by atoms with van der Waals surface area (Å²) in [6.07, 6.45) is 2.91. The van der Waals surface area contributed by atoms with Gasteiger partial charge in [0.1, 0.15) is 40.5 Å². The van der Waals surface area contributed by atoms with Gasteiger partial charge in [0, 0.05) is 29.6 Å². The van der Waals surface area contributed by atoms with Gasteiger partial charge in [-0.05, 0) is 78.0 Å². The first-order valence-electron chi connectivity index (χ1n) is 17.1. The van der Waals surface area contributed by atoms with E-state index in [9.17, 15) is 19.2 Å². The van der Waals surface area contributed by atoms with Crippen LogP contribution < -0.4 is 20.1 Å². The molecule has 12 heteroatoms. The maximum absolute atomic E-state index is 14.0. The first-order chi connectivity index (χ1) is 23.9. The van der Waals surface area contributed by atoms with Gasteiger partial charge in [0.05, 0.1) is 30.8 Å². The lowest BCUT2D eigenvalue weighted by Crippen LogP contribution is -2.57. The van der Waals surface area contributed by atoms with Gasteiger partial charge in [-0.1, -0.05) is 30.3 Å². The second kappa shape index (κ2) is 14.0. The van der Waals surface area contributed by atoms with Crippen molar-refractivity contribution in [2.24, 2.45) is 5.92 Å². The number of aromatic nitrogens is 1. The molecule has 2 fully saturated rings. The number of carbonyl (C=O) groups is 4. The van der Waals surface area contributed by atoms with Crippen LogP contribution in [0.4, 0.5) is 4.79 Å². The van der Waals surface area contributed by atoms with Gasteiger partial charge in [-0.2, -0.15) is 0 Å².